The van der Waals surface area contributed by atoms with E-state index in [2.05, 4.69) is 181 Å². The fourth-order valence-electron chi connectivity index (χ4n) is 7.64. The molecule has 0 atom stereocenters. The van der Waals surface area contributed by atoms with Crippen molar-refractivity contribution < 1.29 is 4.42 Å². The highest BCUT2D eigenvalue weighted by atomic mass is 16.3. The Morgan fingerprint density at radius 3 is 1.64 bits per heavy atom. The number of anilines is 3. The molecule has 1 aromatic heterocycles. The van der Waals surface area contributed by atoms with E-state index in [0.29, 0.717) is 0 Å². The minimum atomic E-state index is 0.874. The van der Waals surface area contributed by atoms with Gasteiger partial charge in [-0.15, -0.1) is 0 Å². The van der Waals surface area contributed by atoms with E-state index in [9.17, 15) is 0 Å². The van der Waals surface area contributed by atoms with Gasteiger partial charge in [-0.25, -0.2) is 0 Å². The molecule has 50 heavy (non-hydrogen) atoms. The molecule has 0 unspecified atom stereocenters. The van der Waals surface area contributed by atoms with Gasteiger partial charge in [-0.2, -0.15) is 0 Å². The van der Waals surface area contributed by atoms with Crippen molar-refractivity contribution in [1.82, 2.24) is 0 Å². The lowest BCUT2D eigenvalue weighted by Gasteiger charge is -2.28. The van der Waals surface area contributed by atoms with Gasteiger partial charge in [0.1, 0.15) is 11.2 Å². The monoisotopic (exact) mass is 637 g/mol. The largest absolute Gasteiger partial charge is 0.456 e. The van der Waals surface area contributed by atoms with Gasteiger partial charge in [0, 0.05) is 33.6 Å². The van der Waals surface area contributed by atoms with Gasteiger partial charge < -0.3 is 9.32 Å². The molecule has 0 amide bonds. The Kier molecular flexibility index (Phi) is 6.53. The summed E-state index contributed by atoms with van der Waals surface area (Å²) < 4.78 is 6.44. The third-order valence-electron chi connectivity index (χ3n) is 10.00. The first kappa shape index (κ1) is 28.4. The van der Waals surface area contributed by atoms with Crippen LogP contribution in [0.2, 0.25) is 0 Å². The van der Waals surface area contributed by atoms with Crippen LogP contribution in [-0.4, -0.2) is 0 Å². The molecular formula is C48H31NO. The maximum atomic E-state index is 6.44. The summed E-state index contributed by atoms with van der Waals surface area (Å²) in [5, 5.41) is 9.51. The molecule has 0 saturated heterocycles. The van der Waals surface area contributed by atoms with Crippen LogP contribution in [0.4, 0.5) is 17.1 Å². The summed E-state index contributed by atoms with van der Waals surface area (Å²) in [7, 11) is 0. The van der Waals surface area contributed by atoms with Crippen molar-refractivity contribution >= 4 is 71.3 Å². The fraction of sp³-hybridized carbons (Fsp3) is 0. The number of hydrogen-bond donors (Lipinski definition) is 0. The van der Waals surface area contributed by atoms with Crippen LogP contribution >= 0.6 is 0 Å². The summed E-state index contributed by atoms with van der Waals surface area (Å²) in [5.74, 6) is 0. The Labute approximate surface area is 290 Å². The van der Waals surface area contributed by atoms with E-state index in [1.54, 1.807) is 0 Å². The quantitative estimate of drug-likeness (QED) is 0.175. The zero-order valence-electron chi connectivity index (χ0n) is 27.3. The van der Waals surface area contributed by atoms with Crippen molar-refractivity contribution in [1.29, 1.82) is 0 Å². The molecule has 10 aromatic rings. The maximum Gasteiger partial charge on any atom is 0.137 e. The van der Waals surface area contributed by atoms with E-state index >= 15 is 0 Å². The molecule has 1 heterocycles. The maximum absolute atomic E-state index is 6.44. The molecule has 0 aliphatic rings. The summed E-state index contributed by atoms with van der Waals surface area (Å²) in [6, 6.07) is 67.6. The van der Waals surface area contributed by atoms with Gasteiger partial charge in [-0.3, -0.25) is 0 Å². The number of fused-ring (bicyclic) bond motifs is 7. The van der Waals surface area contributed by atoms with Crippen LogP contribution in [0.5, 0.6) is 0 Å². The van der Waals surface area contributed by atoms with Gasteiger partial charge in [-0.1, -0.05) is 133 Å². The number of para-hydroxylation sites is 1. The molecule has 0 spiro atoms. The normalized spacial score (nSPS) is 11.6. The zero-order valence-corrected chi connectivity index (χ0v) is 27.3. The van der Waals surface area contributed by atoms with Crippen LogP contribution in [-0.2, 0) is 0 Å². The lowest BCUT2D eigenvalue weighted by Crippen LogP contribution is -2.10. The molecular weight excluding hydrogens is 607 g/mol. The zero-order chi connectivity index (χ0) is 33.0. The first-order chi connectivity index (χ1) is 24.8. The summed E-state index contributed by atoms with van der Waals surface area (Å²) in [5.41, 5.74) is 9.87. The molecule has 0 N–H and O–H groups in total. The lowest BCUT2D eigenvalue weighted by molar-refractivity contribution is 0.669. The molecule has 0 aliphatic carbocycles. The topological polar surface area (TPSA) is 16.4 Å². The standard InChI is InChI=1S/C48H31NO/c1-3-13-32(14-4-1)44-28-34-23-24-37(27-36(34)29-45(44)33-15-5-2-6-16-33)49(38-25-26-43-42-21-11-12-22-47(42)50-48(43)31-38)46-30-35-17-7-8-18-39(35)40-19-9-10-20-41(40)46/h1-31H. The first-order valence-electron chi connectivity index (χ1n) is 17.1. The molecule has 2 nitrogen and oxygen atoms in total. The van der Waals surface area contributed by atoms with E-state index in [4.69, 9.17) is 4.42 Å². The molecule has 0 aliphatic heterocycles. The number of rotatable bonds is 5. The molecule has 0 fully saturated rings. The van der Waals surface area contributed by atoms with E-state index in [1.807, 2.05) is 12.1 Å². The summed E-state index contributed by atoms with van der Waals surface area (Å²) in [4.78, 5) is 2.40. The highest BCUT2D eigenvalue weighted by molar-refractivity contribution is 6.15. The molecule has 0 bridgehead atoms. The third-order valence-corrected chi connectivity index (χ3v) is 10.00. The van der Waals surface area contributed by atoms with Crippen LogP contribution in [0.15, 0.2) is 192 Å². The lowest BCUT2D eigenvalue weighted by atomic mass is 9.91. The van der Waals surface area contributed by atoms with Crippen LogP contribution in [0, 0.1) is 0 Å². The Hall–Kier alpha value is -6.64. The first-order valence-corrected chi connectivity index (χ1v) is 17.1. The second kappa shape index (κ2) is 11.5. The fourth-order valence-corrected chi connectivity index (χ4v) is 7.64. The number of furan rings is 1. The van der Waals surface area contributed by atoms with Crippen molar-refractivity contribution in [3.05, 3.63) is 188 Å². The number of nitrogens with zero attached hydrogens (tertiary/aromatic N) is 1. The predicted molar refractivity (Wildman–Crippen MR) is 212 cm³/mol. The Balaban J connectivity index is 1.24. The minimum Gasteiger partial charge on any atom is -0.456 e. The minimum absolute atomic E-state index is 0.874. The number of hydrogen-bond acceptors (Lipinski definition) is 2. The molecule has 234 valence electrons. The Morgan fingerprint density at radius 2 is 0.880 bits per heavy atom. The van der Waals surface area contributed by atoms with Gasteiger partial charge in [0.2, 0.25) is 0 Å². The average molecular weight is 638 g/mol. The van der Waals surface area contributed by atoms with Crippen LogP contribution in [0.1, 0.15) is 0 Å². The third kappa shape index (κ3) is 4.65. The molecule has 0 saturated carbocycles. The van der Waals surface area contributed by atoms with Crippen molar-refractivity contribution in [2.75, 3.05) is 4.90 Å². The van der Waals surface area contributed by atoms with Gasteiger partial charge in [0.05, 0.1) is 5.69 Å². The summed E-state index contributed by atoms with van der Waals surface area (Å²) >= 11 is 0. The SMILES string of the molecule is c1ccc(-c2cc3ccc(N(c4ccc5c(c4)oc4ccccc45)c4cc5ccccc5c5ccccc45)cc3cc2-c2ccccc2)cc1. The van der Waals surface area contributed by atoms with Crippen molar-refractivity contribution in [2.45, 2.75) is 0 Å². The highest BCUT2D eigenvalue weighted by Gasteiger charge is 2.20. The van der Waals surface area contributed by atoms with Gasteiger partial charge in [-0.05, 0) is 97.7 Å². The second-order valence-corrected chi connectivity index (χ2v) is 12.9. The molecule has 9 aromatic carbocycles. The van der Waals surface area contributed by atoms with Crippen LogP contribution in [0.25, 0.3) is 76.5 Å². The molecule has 10 rings (SSSR count). The summed E-state index contributed by atoms with van der Waals surface area (Å²) in [6.45, 7) is 0. The van der Waals surface area contributed by atoms with Crippen molar-refractivity contribution in [2.24, 2.45) is 0 Å². The van der Waals surface area contributed by atoms with Crippen molar-refractivity contribution in [3.63, 3.8) is 0 Å². The van der Waals surface area contributed by atoms with Gasteiger partial charge in [0.25, 0.3) is 0 Å². The number of benzene rings is 9. The Morgan fingerprint density at radius 1 is 0.320 bits per heavy atom. The second-order valence-electron chi connectivity index (χ2n) is 12.9. The average Bonchev–Trinajstić information content (AvgIpc) is 3.56. The van der Waals surface area contributed by atoms with Crippen LogP contribution in [0.3, 0.4) is 0 Å². The van der Waals surface area contributed by atoms with Gasteiger partial charge >= 0.3 is 0 Å². The van der Waals surface area contributed by atoms with E-state index < -0.39 is 0 Å². The Bertz CT molecular complexity index is 2870. The predicted octanol–water partition coefficient (Wildman–Crippen LogP) is 13.8. The van der Waals surface area contributed by atoms with E-state index in [0.717, 1.165) is 39.0 Å². The molecule has 0 radical (unpaired) electrons. The smallest absolute Gasteiger partial charge is 0.137 e. The summed E-state index contributed by atoms with van der Waals surface area (Å²) in [6.07, 6.45) is 0. The van der Waals surface area contributed by atoms with E-state index in [1.165, 1.54) is 54.6 Å². The van der Waals surface area contributed by atoms with E-state index in [-0.39, 0.29) is 0 Å². The van der Waals surface area contributed by atoms with Gasteiger partial charge in [0.15, 0.2) is 0 Å². The molecule has 2 heteroatoms. The van der Waals surface area contributed by atoms with Crippen LogP contribution < -0.4 is 4.90 Å². The van der Waals surface area contributed by atoms with Crippen molar-refractivity contribution in [3.8, 4) is 22.3 Å². The highest BCUT2D eigenvalue weighted by Crippen LogP contribution is 2.45.